The predicted molar refractivity (Wildman–Crippen MR) is 80.2 cm³/mol. The Balaban J connectivity index is 1.68. The first kappa shape index (κ1) is 14.6. The van der Waals surface area contributed by atoms with E-state index in [2.05, 4.69) is 10.2 Å². The van der Waals surface area contributed by atoms with Gasteiger partial charge in [-0.2, -0.15) is 0 Å². The van der Waals surface area contributed by atoms with Crippen molar-refractivity contribution in [3.05, 3.63) is 35.9 Å². The first-order valence-electron chi connectivity index (χ1n) is 6.85. The second-order valence-electron chi connectivity index (χ2n) is 4.75. The molecule has 0 bridgehead atoms. The molecule has 20 heavy (non-hydrogen) atoms. The number of morpholine rings is 1. The number of nitrogens with zero attached hydrogens (tertiary/aromatic N) is 1. The summed E-state index contributed by atoms with van der Waals surface area (Å²) in [5, 5.41) is 2.88. The Morgan fingerprint density at radius 2 is 2.00 bits per heavy atom. The van der Waals surface area contributed by atoms with Gasteiger partial charge in [0.1, 0.15) is 0 Å². The molecule has 1 amide bonds. The first-order valence-corrected chi connectivity index (χ1v) is 6.85. The third kappa shape index (κ3) is 5.03. The molecule has 0 unspecified atom stereocenters. The van der Waals surface area contributed by atoms with Gasteiger partial charge in [-0.05, 0) is 23.8 Å². The SMILES string of the molecule is Nc1ccc(/C=C/C(=O)NCCN2CCOCC2)cc1. The summed E-state index contributed by atoms with van der Waals surface area (Å²) in [7, 11) is 0. The third-order valence-electron chi connectivity index (χ3n) is 3.19. The van der Waals surface area contributed by atoms with E-state index in [9.17, 15) is 4.79 Å². The van der Waals surface area contributed by atoms with Crippen molar-refractivity contribution in [3.8, 4) is 0 Å². The highest BCUT2D eigenvalue weighted by molar-refractivity contribution is 5.91. The maximum absolute atomic E-state index is 11.7. The van der Waals surface area contributed by atoms with Gasteiger partial charge in [-0.3, -0.25) is 9.69 Å². The Hall–Kier alpha value is -1.85. The minimum Gasteiger partial charge on any atom is -0.399 e. The fourth-order valence-corrected chi connectivity index (χ4v) is 2.00. The van der Waals surface area contributed by atoms with Crippen molar-refractivity contribution in [1.29, 1.82) is 0 Å². The van der Waals surface area contributed by atoms with Gasteiger partial charge in [-0.25, -0.2) is 0 Å². The summed E-state index contributed by atoms with van der Waals surface area (Å²) in [6, 6.07) is 7.39. The van der Waals surface area contributed by atoms with E-state index < -0.39 is 0 Å². The van der Waals surface area contributed by atoms with E-state index in [1.807, 2.05) is 24.3 Å². The van der Waals surface area contributed by atoms with Crippen molar-refractivity contribution in [2.75, 3.05) is 45.1 Å². The fourth-order valence-electron chi connectivity index (χ4n) is 2.00. The van der Waals surface area contributed by atoms with Crippen LogP contribution in [-0.2, 0) is 9.53 Å². The van der Waals surface area contributed by atoms with Crippen LogP contribution in [0.25, 0.3) is 6.08 Å². The summed E-state index contributed by atoms with van der Waals surface area (Å²) in [6.45, 7) is 4.97. The number of hydrogen-bond acceptors (Lipinski definition) is 4. The molecule has 0 aromatic heterocycles. The van der Waals surface area contributed by atoms with Gasteiger partial charge in [0.05, 0.1) is 13.2 Å². The number of benzene rings is 1. The highest BCUT2D eigenvalue weighted by Gasteiger charge is 2.09. The van der Waals surface area contributed by atoms with Crippen LogP contribution in [0, 0.1) is 0 Å². The zero-order chi connectivity index (χ0) is 14.2. The molecular weight excluding hydrogens is 254 g/mol. The van der Waals surface area contributed by atoms with Crippen molar-refractivity contribution in [2.24, 2.45) is 0 Å². The maximum Gasteiger partial charge on any atom is 0.244 e. The molecule has 1 fully saturated rings. The molecule has 5 heteroatoms. The molecule has 2 rings (SSSR count). The number of nitrogens with two attached hydrogens (primary N) is 1. The van der Waals surface area contributed by atoms with Gasteiger partial charge in [-0.1, -0.05) is 12.1 Å². The minimum atomic E-state index is -0.0740. The highest BCUT2D eigenvalue weighted by atomic mass is 16.5. The summed E-state index contributed by atoms with van der Waals surface area (Å²) in [5.41, 5.74) is 7.28. The Morgan fingerprint density at radius 3 is 2.70 bits per heavy atom. The zero-order valence-electron chi connectivity index (χ0n) is 11.5. The van der Waals surface area contributed by atoms with Crippen molar-refractivity contribution in [3.63, 3.8) is 0 Å². The Kier molecular flexibility index (Phi) is 5.58. The molecule has 0 radical (unpaired) electrons. The highest BCUT2D eigenvalue weighted by Crippen LogP contribution is 2.06. The minimum absolute atomic E-state index is 0.0740. The summed E-state index contributed by atoms with van der Waals surface area (Å²) in [5.74, 6) is -0.0740. The lowest BCUT2D eigenvalue weighted by Crippen LogP contribution is -2.41. The lowest BCUT2D eigenvalue weighted by molar-refractivity contribution is -0.116. The molecule has 108 valence electrons. The van der Waals surface area contributed by atoms with Crippen molar-refractivity contribution in [2.45, 2.75) is 0 Å². The predicted octanol–water partition coefficient (Wildman–Crippen LogP) is 0.730. The number of nitrogens with one attached hydrogen (secondary N) is 1. The lowest BCUT2D eigenvalue weighted by Gasteiger charge is -2.26. The van der Waals surface area contributed by atoms with Crippen molar-refractivity contribution < 1.29 is 9.53 Å². The summed E-state index contributed by atoms with van der Waals surface area (Å²) >= 11 is 0. The van der Waals surface area contributed by atoms with E-state index >= 15 is 0 Å². The van der Waals surface area contributed by atoms with Gasteiger partial charge >= 0.3 is 0 Å². The number of nitrogen functional groups attached to an aromatic ring is 1. The molecule has 1 aromatic rings. The van der Waals surface area contributed by atoms with Gasteiger partial charge in [0.2, 0.25) is 5.91 Å². The molecule has 1 aliphatic rings. The Labute approximate surface area is 119 Å². The lowest BCUT2D eigenvalue weighted by atomic mass is 10.2. The van der Waals surface area contributed by atoms with Gasteiger partial charge in [-0.15, -0.1) is 0 Å². The molecule has 3 N–H and O–H groups in total. The molecule has 1 saturated heterocycles. The average molecular weight is 275 g/mol. The van der Waals surface area contributed by atoms with Crippen LogP contribution in [0.4, 0.5) is 5.69 Å². The molecule has 1 aromatic carbocycles. The van der Waals surface area contributed by atoms with Crippen LogP contribution in [0.2, 0.25) is 0 Å². The summed E-state index contributed by atoms with van der Waals surface area (Å²) in [4.78, 5) is 13.9. The number of amides is 1. The van der Waals surface area contributed by atoms with E-state index in [0.717, 1.165) is 44.1 Å². The summed E-state index contributed by atoms with van der Waals surface area (Å²) in [6.07, 6.45) is 3.33. The van der Waals surface area contributed by atoms with Gasteiger partial charge < -0.3 is 15.8 Å². The van der Waals surface area contributed by atoms with E-state index in [0.29, 0.717) is 6.54 Å². The topological polar surface area (TPSA) is 67.6 Å². The van der Waals surface area contributed by atoms with Crippen molar-refractivity contribution in [1.82, 2.24) is 10.2 Å². The molecule has 0 saturated carbocycles. The average Bonchev–Trinajstić information content (AvgIpc) is 2.48. The number of carbonyl (C=O) groups is 1. The van der Waals surface area contributed by atoms with E-state index in [-0.39, 0.29) is 5.91 Å². The monoisotopic (exact) mass is 275 g/mol. The molecule has 0 atom stereocenters. The molecular formula is C15H21N3O2. The zero-order valence-corrected chi connectivity index (χ0v) is 11.5. The third-order valence-corrected chi connectivity index (χ3v) is 3.19. The summed E-state index contributed by atoms with van der Waals surface area (Å²) < 4.78 is 5.27. The van der Waals surface area contributed by atoms with Crippen LogP contribution in [0.1, 0.15) is 5.56 Å². The number of anilines is 1. The molecule has 1 aliphatic heterocycles. The fraction of sp³-hybridized carbons (Fsp3) is 0.400. The largest absolute Gasteiger partial charge is 0.399 e. The van der Waals surface area contributed by atoms with Gasteiger partial charge in [0.15, 0.2) is 0 Å². The van der Waals surface area contributed by atoms with E-state index in [1.165, 1.54) is 0 Å². The quantitative estimate of drug-likeness (QED) is 0.614. The molecule has 5 nitrogen and oxygen atoms in total. The van der Waals surface area contributed by atoms with Crippen LogP contribution >= 0.6 is 0 Å². The van der Waals surface area contributed by atoms with Gasteiger partial charge in [0.25, 0.3) is 0 Å². The van der Waals surface area contributed by atoms with Crippen LogP contribution < -0.4 is 11.1 Å². The second kappa shape index (κ2) is 7.67. The van der Waals surface area contributed by atoms with Crippen LogP contribution in [-0.4, -0.2) is 50.2 Å². The maximum atomic E-state index is 11.7. The normalized spacial score (nSPS) is 16.4. The number of carbonyl (C=O) groups excluding carboxylic acids is 1. The Bertz CT molecular complexity index is 451. The standard InChI is InChI=1S/C15H21N3O2/c16-14-4-1-13(2-5-14)3-6-15(19)17-7-8-18-9-11-20-12-10-18/h1-6H,7-12,16H2,(H,17,19)/b6-3+. The van der Waals surface area contributed by atoms with Crippen LogP contribution in [0.15, 0.2) is 30.3 Å². The van der Waals surface area contributed by atoms with Crippen molar-refractivity contribution >= 4 is 17.7 Å². The van der Waals surface area contributed by atoms with Crippen LogP contribution in [0.5, 0.6) is 0 Å². The number of rotatable bonds is 5. The van der Waals surface area contributed by atoms with E-state index in [1.54, 1.807) is 12.2 Å². The number of ether oxygens (including phenoxy) is 1. The Morgan fingerprint density at radius 1 is 1.30 bits per heavy atom. The van der Waals surface area contributed by atoms with E-state index in [4.69, 9.17) is 10.5 Å². The van der Waals surface area contributed by atoms with Gasteiger partial charge in [0, 0.05) is 37.9 Å². The molecule has 0 spiro atoms. The smallest absolute Gasteiger partial charge is 0.244 e. The first-order chi connectivity index (χ1) is 9.74. The number of hydrogen-bond donors (Lipinski definition) is 2. The second-order valence-corrected chi connectivity index (χ2v) is 4.75. The molecule has 0 aliphatic carbocycles. The van der Waals surface area contributed by atoms with Crippen LogP contribution in [0.3, 0.4) is 0 Å². The molecule has 1 heterocycles.